The molecule has 148 valence electrons. The summed E-state index contributed by atoms with van der Waals surface area (Å²) in [5.74, 6) is 3.06. The SMILES string of the molecule is C=CCn1c(SCc2nc(-c3cc(Br)cs3)no2)nnc1-c1ccccc1OC. The highest BCUT2D eigenvalue weighted by molar-refractivity contribution is 9.10. The highest BCUT2D eigenvalue weighted by Gasteiger charge is 2.18. The summed E-state index contributed by atoms with van der Waals surface area (Å²) in [5.41, 5.74) is 0.875. The van der Waals surface area contributed by atoms with Gasteiger partial charge in [-0.15, -0.1) is 28.1 Å². The molecule has 29 heavy (non-hydrogen) atoms. The molecule has 0 unspecified atom stereocenters. The molecule has 0 radical (unpaired) electrons. The smallest absolute Gasteiger partial charge is 0.237 e. The van der Waals surface area contributed by atoms with Crippen LogP contribution >= 0.6 is 39.0 Å². The van der Waals surface area contributed by atoms with Crippen molar-refractivity contribution in [2.24, 2.45) is 0 Å². The molecule has 0 bridgehead atoms. The Bertz CT molecular complexity index is 1140. The van der Waals surface area contributed by atoms with Crippen LogP contribution in [0.1, 0.15) is 5.89 Å². The van der Waals surface area contributed by atoms with Crippen molar-refractivity contribution in [3.63, 3.8) is 0 Å². The van der Waals surface area contributed by atoms with Crippen LogP contribution in [0.5, 0.6) is 5.75 Å². The summed E-state index contributed by atoms with van der Waals surface area (Å²) < 4.78 is 13.8. The summed E-state index contributed by atoms with van der Waals surface area (Å²) in [5, 5.41) is 15.5. The normalized spacial score (nSPS) is 11.0. The van der Waals surface area contributed by atoms with Gasteiger partial charge in [-0.1, -0.05) is 35.1 Å². The van der Waals surface area contributed by atoms with Crippen LogP contribution in [-0.4, -0.2) is 32.0 Å². The molecule has 3 aromatic heterocycles. The van der Waals surface area contributed by atoms with Crippen LogP contribution in [0.25, 0.3) is 22.1 Å². The summed E-state index contributed by atoms with van der Waals surface area (Å²) >= 11 is 6.47. The van der Waals surface area contributed by atoms with E-state index >= 15 is 0 Å². The van der Waals surface area contributed by atoms with Gasteiger partial charge in [0.1, 0.15) is 5.75 Å². The Labute approximate surface area is 183 Å². The molecule has 0 spiro atoms. The van der Waals surface area contributed by atoms with E-state index in [4.69, 9.17) is 9.26 Å². The van der Waals surface area contributed by atoms with E-state index in [9.17, 15) is 0 Å². The van der Waals surface area contributed by atoms with Crippen LogP contribution in [-0.2, 0) is 12.3 Å². The molecule has 0 saturated heterocycles. The highest BCUT2D eigenvalue weighted by atomic mass is 79.9. The maximum absolute atomic E-state index is 5.47. The Kier molecular flexibility index (Phi) is 6.12. The Hall–Kier alpha value is -2.43. The van der Waals surface area contributed by atoms with Crippen LogP contribution in [0.4, 0.5) is 0 Å². The molecule has 0 atom stereocenters. The third-order valence-corrected chi connectivity index (χ3v) is 6.60. The van der Waals surface area contributed by atoms with Crippen molar-refractivity contribution < 1.29 is 9.26 Å². The maximum Gasteiger partial charge on any atom is 0.237 e. The largest absolute Gasteiger partial charge is 0.496 e. The zero-order chi connectivity index (χ0) is 20.2. The van der Waals surface area contributed by atoms with Crippen molar-refractivity contribution >= 4 is 39.0 Å². The fourth-order valence-corrected chi connectivity index (χ4v) is 4.82. The van der Waals surface area contributed by atoms with E-state index < -0.39 is 0 Å². The van der Waals surface area contributed by atoms with E-state index in [2.05, 4.69) is 42.8 Å². The average molecular weight is 490 g/mol. The van der Waals surface area contributed by atoms with E-state index in [0.29, 0.717) is 24.0 Å². The molecule has 0 aliphatic heterocycles. The Balaban J connectivity index is 1.56. The van der Waals surface area contributed by atoms with E-state index in [1.807, 2.05) is 46.4 Å². The van der Waals surface area contributed by atoms with Crippen molar-refractivity contribution in [1.29, 1.82) is 0 Å². The lowest BCUT2D eigenvalue weighted by molar-refractivity contribution is 0.391. The number of hydrogen-bond acceptors (Lipinski definition) is 8. The van der Waals surface area contributed by atoms with Gasteiger partial charge in [-0.05, 0) is 34.1 Å². The quantitative estimate of drug-likeness (QED) is 0.245. The lowest BCUT2D eigenvalue weighted by atomic mass is 10.2. The maximum atomic E-state index is 5.47. The fraction of sp³-hybridized carbons (Fsp3) is 0.158. The molecular weight excluding hydrogens is 474 g/mol. The van der Waals surface area contributed by atoms with E-state index in [0.717, 1.165) is 31.6 Å². The summed E-state index contributed by atoms with van der Waals surface area (Å²) in [4.78, 5) is 5.42. The van der Waals surface area contributed by atoms with Gasteiger partial charge in [-0.2, -0.15) is 4.98 Å². The number of benzene rings is 1. The number of allylic oxidation sites excluding steroid dienone is 1. The molecule has 0 fully saturated rings. The minimum absolute atomic E-state index is 0.487. The zero-order valence-electron chi connectivity index (χ0n) is 15.4. The number of nitrogens with zero attached hydrogens (tertiary/aromatic N) is 5. The number of aromatic nitrogens is 5. The number of halogens is 1. The monoisotopic (exact) mass is 489 g/mol. The predicted molar refractivity (Wildman–Crippen MR) is 117 cm³/mol. The number of para-hydroxylation sites is 1. The van der Waals surface area contributed by atoms with Crippen molar-refractivity contribution in [1.82, 2.24) is 24.9 Å². The van der Waals surface area contributed by atoms with Crippen molar-refractivity contribution in [2.45, 2.75) is 17.5 Å². The molecule has 10 heteroatoms. The molecule has 1 aromatic carbocycles. The zero-order valence-corrected chi connectivity index (χ0v) is 18.6. The molecule has 0 aliphatic rings. The van der Waals surface area contributed by atoms with E-state index in [-0.39, 0.29) is 0 Å². The molecule has 4 aromatic rings. The standard InChI is InChI=1S/C19H16BrN5O2S2/c1-3-8-25-18(13-6-4-5-7-14(13)26-2)22-23-19(25)29-11-16-21-17(24-27-16)15-9-12(20)10-28-15/h3-7,9-10H,1,8,11H2,2H3. The third kappa shape index (κ3) is 4.29. The van der Waals surface area contributed by atoms with Gasteiger partial charge in [0.15, 0.2) is 11.0 Å². The Morgan fingerprint density at radius 2 is 2.21 bits per heavy atom. The average Bonchev–Trinajstić information content (AvgIpc) is 3.47. The minimum Gasteiger partial charge on any atom is -0.496 e. The van der Waals surface area contributed by atoms with Gasteiger partial charge in [-0.3, -0.25) is 4.57 Å². The van der Waals surface area contributed by atoms with Crippen LogP contribution in [0, 0.1) is 0 Å². The van der Waals surface area contributed by atoms with Crippen LogP contribution in [0.2, 0.25) is 0 Å². The number of methoxy groups -OCH3 is 1. The molecule has 3 heterocycles. The number of thioether (sulfide) groups is 1. The second-order valence-electron chi connectivity index (χ2n) is 5.84. The van der Waals surface area contributed by atoms with Gasteiger partial charge in [0.25, 0.3) is 0 Å². The predicted octanol–water partition coefficient (Wildman–Crippen LogP) is 5.31. The first-order valence-corrected chi connectivity index (χ1v) is 11.2. The molecule has 0 aliphatic carbocycles. The van der Waals surface area contributed by atoms with Crippen LogP contribution < -0.4 is 4.74 Å². The van der Waals surface area contributed by atoms with E-state index in [1.165, 1.54) is 11.8 Å². The Morgan fingerprint density at radius 1 is 1.34 bits per heavy atom. The number of thiophene rings is 1. The lowest BCUT2D eigenvalue weighted by Crippen LogP contribution is -2.01. The second kappa shape index (κ2) is 8.93. The fourth-order valence-electron chi connectivity index (χ4n) is 2.69. The first-order valence-electron chi connectivity index (χ1n) is 8.57. The summed E-state index contributed by atoms with van der Waals surface area (Å²) in [7, 11) is 1.64. The summed E-state index contributed by atoms with van der Waals surface area (Å²) in [6, 6.07) is 9.69. The van der Waals surface area contributed by atoms with Crippen LogP contribution in [0.3, 0.4) is 0 Å². The molecule has 0 saturated carbocycles. The van der Waals surface area contributed by atoms with Gasteiger partial charge in [0.05, 0.1) is 23.3 Å². The van der Waals surface area contributed by atoms with Gasteiger partial charge in [-0.25, -0.2) is 0 Å². The van der Waals surface area contributed by atoms with Crippen LogP contribution in [0.15, 0.2) is 62.5 Å². The van der Waals surface area contributed by atoms with Gasteiger partial charge in [0, 0.05) is 16.4 Å². The third-order valence-electron chi connectivity index (χ3n) is 3.96. The summed E-state index contributed by atoms with van der Waals surface area (Å²) in [6.45, 7) is 4.42. The second-order valence-corrected chi connectivity index (χ2v) is 8.60. The van der Waals surface area contributed by atoms with Gasteiger partial charge < -0.3 is 9.26 Å². The number of rotatable bonds is 8. The van der Waals surface area contributed by atoms with Crippen molar-refractivity contribution in [3.05, 3.63) is 58.7 Å². The van der Waals surface area contributed by atoms with Gasteiger partial charge in [0.2, 0.25) is 11.7 Å². The number of ether oxygens (including phenoxy) is 1. The number of hydrogen-bond donors (Lipinski definition) is 0. The lowest BCUT2D eigenvalue weighted by Gasteiger charge is -2.10. The Morgan fingerprint density at radius 3 is 2.97 bits per heavy atom. The first kappa shape index (κ1) is 19.9. The van der Waals surface area contributed by atoms with E-state index in [1.54, 1.807) is 18.4 Å². The molecule has 7 nitrogen and oxygen atoms in total. The molecule has 0 N–H and O–H groups in total. The van der Waals surface area contributed by atoms with Gasteiger partial charge >= 0.3 is 0 Å². The highest BCUT2D eigenvalue weighted by Crippen LogP contribution is 2.32. The van der Waals surface area contributed by atoms with Crippen molar-refractivity contribution in [3.8, 4) is 27.8 Å². The molecule has 4 rings (SSSR count). The minimum atomic E-state index is 0.487. The molecule has 0 amide bonds. The topological polar surface area (TPSA) is 78.9 Å². The summed E-state index contributed by atoms with van der Waals surface area (Å²) in [6.07, 6.45) is 1.81. The van der Waals surface area contributed by atoms with Crippen molar-refractivity contribution in [2.75, 3.05) is 7.11 Å². The first-order chi connectivity index (χ1) is 14.2. The molecular formula is C19H16BrN5O2S2.